The first-order chi connectivity index (χ1) is 14.5. The molecule has 4 rings (SSSR count). The third kappa shape index (κ3) is 4.35. The minimum atomic E-state index is -0.353. The van der Waals surface area contributed by atoms with Crippen molar-refractivity contribution in [2.24, 2.45) is 5.10 Å². The first-order valence-electron chi connectivity index (χ1n) is 10.1. The Kier molecular flexibility index (Phi) is 5.53. The summed E-state index contributed by atoms with van der Waals surface area (Å²) in [5.74, 6) is 0. The number of hydrogen-bond acceptors (Lipinski definition) is 3. The lowest BCUT2D eigenvalue weighted by Crippen LogP contribution is -2.29. The van der Waals surface area contributed by atoms with E-state index < -0.39 is 0 Å². The summed E-state index contributed by atoms with van der Waals surface area (Å²) in [6.45, 7) is 6.15. The van der Waals surface area contributed by atoms with Gasteiger partial charge in [-0.3, -0.25) is 0 Å². The molecular weight excluding hydrogens is 372 g/mol. The molecule has 0 aliphatic carbocycles. The van der Waals surface area contributed by atoms with Crippen molar-refractivity contribution < 1.29 is 4.79 Å². The number of carbonyl (C=O) groups excluding carboxylic acids is 1. The number of rotatable bonds is 3. The number of aryl methyl sites for hydroxylation is 3. The standard InChI is InChI=1S/C25H26N4O/c1-16-8-11-19(12-9-16)23-15-24(21-6-4-5-7-22(21)27-23)28-29-25(30)26-20-13-10-17(2)18(3)14-20/h4-14,23,27H,15H2,1-3H3,(H2,26,29,30). The van der Waals surface area contributed by atoms with Crippen LogP contribution in [0, 0.1) is 20.8 Å². The Morgan fingerprint density at radius 2 is 1.73 bits per heavy atom. The maximum absolute atomic E-state index is 12.4. The van der Waals surface area contributed by atoms with E-state index in [2.05, 4.69) is 52.3 Å². The molecule has 0 saturated heterocycles. The summed E-state index contributed by atoms with van der Waals surface area (Å²) in [6, 6.07) is 22.1. The lowest BCUT2D eigenvalue weighted by molar-refractivity contribution is 0.252. The monoisotopic (exact) mass is 398 g/mol. The van der Waals surface area contributed by atoms with E-state index in [1.807, 2.05) is 56.3 Å². The summed E-state index contributed by atoms with van der Waals surface area (Å²) >= 11 is 0. The number of nitrogens with zero attached hydrogens (tertiary/aromatic N) is 1. The van der Waals surface area contributed by atoms with Crippen LogP contribution in [0.15, 0.2) is 71.8 Å². The Labute approximate surface area is 177 Å². The molecule has 1 unspecified atom stereocenters. The molecule has 3 aromatic rings. The maximum Gasteiger partial charge on any atom is 0.339 e. The Balaban J connectivity index is 1.53. The number of urea groups is 1. The average Bonchev–Trinajstić information content (AvgIpc) is 2.75. The number of benzene rings is 3. The molecule has 0 radical (unpaired) electrons. The lowest BCUT2D eigenvalue weighted by atomic mass is 9.91. The van der Waals surface area contributed by atoms with Gasteiger partial charge in [-0.15, -0.1) is 0 Å². The van der Waals surface area contributed by atoms with Crippen molar-refractivity contribution in [1.82, 2.24) is 5.43 Å². The second-order valence-corrected chi connectivity index (χ2v) is 7.78. The van der Waals surface area contributed by atoms with Crippen LogP contribution in [0.3, 0.4) is 0 Å². The highest BCUT2D eigenvalue weighted by molar-refractivity contribution is 6.07. The molecule has 0 spiro atoms. The minimum Gasteiger partial charge on any atom is -0.377 e. The van der Waals surface area contributed by atoms with Crippen LogP contribution in [0.25, 0.3) is 0 Å². The van der Waals surface area contributed by atoms with Gasteiger partial charge in [0.15, 0.2) is 0 Å². The van der Waals surface area contributed by atoms with E-state index in [-0.39, 0.29) is 12.1 Å². The third-order valence-electron chi connectivity index (χ3n) is 5.50. The molecule has 0 bridgehead atoms. The molecule has 5 nitrogen and oxygen atoms in total. The third-order valence-corrected chi connectivity index (χ3v) is 5.50. The van der Waals surface area contributed by atoms with E-state index in [1.165, 1.54) is 16.7 Å². The second-order valence-electron chi connectivity index (χ2n) is 7.78. The number of para-hydroxylation sites is 1. The maximum atomic E-state index is 12.4. The summed E-state index contributed by atoms with van der Waals surface area (Å²) in [6.07, 6.45) is 0.685. The van der Waals surface area contributed by atoms with Gasteiger partial charge in [0, 0.05) is 23.4 Å². The van der Waals surface area contributed by atoms with E-state index in [0.29, 0.717) is 6.42 Å². The number of hydrazone groups is 1. The first kappa shape index (κ1) is 19.7. The minimum absolute atomic E-state index is 0.101. The summed E-state index contributed by atoms with van der Waals surface area (Å²) < 4.78 is 0. The van der Waals surface area contributed by atoms with Gasteiger partial charge in [-0.2, -0.15) is 5.10 Å². The van der Waals surface area contributed by atoms with Crippen molar-refractivity contribution >= 4 is 23.1 Å². The molecule has 1 aliphatic rings. The molecule has 2 amide bonds. The molecule has 3 N–H and O–H groups in total. The molecule has 0 fully saturated rings. The summed E-state index contributed by atoms with van der Waals surface area (Å²) in [7, 11) is 0. The van der Waals surface area contributed by atoms with Gasteiger partial charge in [-0.1, -0.05) is 54.1 Å². The van der Waals surface area contributed by atoms with Crippen molar-refractivity contribution in [2.45, 2.75) is 33.2 Å². The van der Waals surface area contributed by atoms with Crippen LogP contribution >= 0.6 is 0 Å². The number of anilines is 2. The molecule has 0 aromatic heterocycles. The lowest BCUT2D eigenvalue weighted by Gasteiger charge is -2.28. The summed E-state index contributed by atoms with van der Waals surface area (Å²) in [5.41, 5.74) is 11.0. The Bertz CT molecular complexity index is 1100. The molecule has 5 heteroatoms. The zero-order chi connectivity index (χ0) is 21.1. The number of nitrogens with one attached hydrogen (secondary N) is 3. The quantitative estimate of drug-likeness (QED) is 0.496. The fraction of sp³-hybridized carbons (Fsp3) is 0.200. The van der Waals surface area contributed by atoms with Gasteiger partial charge in [-0.05, 0) is 55.7 Å². The largest absolute Gasteiger partial charge is 0.377 e. The first-order valence-corrected chi connectivity index (χ1v) is 10.1. The van der Waals surface area contributed by atoms with Crippen LogP contribution in [0.5, 0.6) is 0 Å². The zero-order valence-corrected chi connectivity index (χ0v) is 17.5. The molecule has 30 heavy (non-hydrogen) atoms. The van der Waals surface area contributed by atoms with E-state index in [0.717, 1.165) is 28.2 Å². The van der Waals surface area contributed by atoms with E-state index in [1.54, 1.807) is 0 Å². The van der Waals surface area contributed by atoms with E-state index in [9.17, 15) is 4.79 Å². The second kappa shape index (κ2) is 8.41. The highest BCUT2D eigenvalue weighted by Gasteiger charge is 2.24. The highest BCUT2D eigenvalue weighted by atomic mass is 16.2. The normalized spacial score (nSPS) is 16.5. The molecule has 0 saturated carbocycles. The predicted molar refractivity (Wildman–Crippen MR) is 123 cm³/mol. The van der Waals surface area contributed by atoms with Crippen LogP contribution in [0.1, 0.15) is 40.3 Å². The van der Waals surface area contributed by atoms with Crippen molar-refractivity contribution in [1.29, 1.82) is 0 Å². The Morgan fingerprint density at radius 3 is 2.50 bits per heavy atom. The molecule has 1 aliphatic heterocycles. The van der Waals surface area contributed by atoms with E-state index >= 15 is 0 Å². The van der Waals surface area contributed by atoms with E-state index in [4.69, 9.17) is 0 Å². The smallest absolute Gasteiger partial charge is 0.339 e. The van der Waals surface area contributed by atoms with Gasteiger partial charge in [0.1, 0.15) is 0 Å². The number of hydrogen-bond donors (Lipinski definition) is 3. The van der Waals surface area contributed by atoms with Gasteiger partial charge in [0.25, 0.3) is 0 Å². The zero-order valence-electron chi connectivity index (χ0n) is 17.5. The van der Waals surface area contributed by atoms with Crippen LogP contribution in [-0.4, -0.2) is 11.7 Å². The highest BCUT2D eigenvalue weighted by Crippen LogP contribution is 2.32. The Hall–Kier alpha value is -3.60. The molecular formula is C25H26N4O. The average molecular weight is 399 g/mol. The van der Waals surface area contributed by atoms with Gasteiger partial charge in [-0.25, -0.2) is 10.2 Å². The van der Waals surface area contributed by atoms with Crippen molar-refractivity contribution in [2.75, 3.05) is 10.6 Å². The van der Waals surface area contributed by atoms with Crippen LogP contribution in [0.2, 0.25) is 0 Å². The molecule has 3 aromatic carbocycles. The number of amides is 2. The van der Waals surface area contributed by atoms with Crippen molar-refractivity contribution in [3.8, 4) is 0 Å². The van der Waals surface area contributed by atoms with Gasteiger partial charge in [0.05, 0.1) is 11.8 Å². The molecule has 1 atom stereocenters. The SMILES string of the molecule is Cc1ccc(C2CC(=NNC(=O)Nc3ccc(C)c(C)c3)c3ccccc3N2)cc1. The van der Waals surface area contributed by atoms with Crippen molar-refractivity contribution in [3.05, 3.63) is 94.5 Å². The van der Waals surface area contributed by atoms with Gasteiger partial charge < -0.3 is 10.6 Å². The summed E-state index contributed by atoms with van der Waals surface area (Å²) in [4.78, 5) is 12.4. The van der Waals surface area contributed by atoms with Gasteiger partial charge in [0.2, 0.25) is 0 Å². The fourth-order valence-electron chi connectivity index (χ4n) is 3.60. The topological polar surface area (TPSA) is 65.5 Å². The van der Waals surface area contributed by atoms with Crippen LogP contribution in [0.4, 0.5) is 16.2 Å². The summed E-state index contributed by atoms with van der Waals surface area (Å²) in [5, 5.41) is 10.9. The number of fused-ring (bicyclic) bond motifs is 1. The molecule has 152 valence electrons. The fourth-order valence-corrected chi connectivity index (χ4v) is 3.60. The van der Waals surface area contributed by atoms with Crippen molar-refractivity contribution in [3.63, 3.8) is 0 Å². The number of carbonyl (C=O) groups is 1. The predicted octanol–water partition coefficient (Wildman–Crippen LogP) is 5.69. The van der Waals surface area contributed by atoms with Crippen LogP contribution < -0.4 is 16.1 Å². The van der Waals surface area contributed by atoms with Gasteiger partial charge >= 0.3 is 6.03 Å². The molecule has 1 heterocycles. The Morgan fingerprint density at radius 1 is 0.967 bits per heavy atom. The van der Waals surface area contributed by atoms with Crippen LogP contribution in [-0.2, 0) is 0 Å².